The minimum absolute atomic E-state index is 0.359. The molecule has 10 heteroatoms. The average Bonchev–Trinajstić information content (AvgIpc) is 3.05. The quantitative estimate of drug-likeness (QED) is 0.665. The third kappa shape index (κ3) is 5.06. The van der Waals surface area contributed by atoms with Crippen LogP contribution in [0.4, 0.5) is 18.9 Å². The molecule has 1 heterocycles. The summed E-state index contributed by atoms with van der Waals surface area (Å²) in [6, 6.07) is 4.91. The highest BCUT2D eigenvalue weighted by Gasteiger charge is 2.16. The van der Waals surface area contributed by atoms with Crippen molar-refractivity contribution in [1.82, 2.24) is 10.6 Å². The van der Waals surface area contributed by atoms with Gasteiger partial charge in [-0.05, 0) is 31.2 Å². The smallest absolute Gasteiger partial charge is 0.261 e. The standard InChI is InChI=1S/C16H14F3N3O3S/c1-8-2-5-11(26-8)16(25)21-6-12(23)20-7-13(24)22-10-4-3-9(17)14(18)15(10)19/h2-5H,6-7H2,1H3,(H,20,23)(H,21,25)(H,22,24). The van der Waals surface area contributed by atoms with E-state index in [-0.39, 0.29) is 6.54 Å². The molecule has 0 radical (unpaired) electrons. The number of rotatable bonds is 6. The second kappa shape index (κ2) is 8.48. The van der Waals surface area contributed by atoms with E-state index >= 15 is 0 Å². The van der Waals surface area contributed by atoms with Crippen LogP contribution in [0.15, 0.2) is 24.3 Å². The summed E-state index contributed by atoms with van der Waals surface area (Å²) in [6.07, 6.45) is 0. The van der Waals surface area contributed by atoms with Crippen molar-refractivity contribution in [3.05, 3.63) is 51.5 Å². The van der Waals surface area contributed by atoms with Crippen molar-refractivity contribution in [3.8, 4) is 0 Å². The summed E-state index contributed by atoms with van der Waals surface area (Å²) in [5.74, 6) is -6.55. The maximum atomic E-state index is 13.4. The lowest BCUT2D eigenvalue weighted by Gasteiger charge is -2.09. The lowest BCUT2D eigenvalue weighted by molar-refractivity contribution is -0.123. The first-order valence-electron chi connectivity index (χ1n) is 7.32. The lowest BCUT2D eigenvalue weighted by Crippen LogP contribution is -2.40. The third-order valence-corrected chi connectivity index (χ3v) is 4.13. The van der Waals surface area contributed by atoms with E-state index in [1.165, 1.54) is 11.3 Å². The van der Waals surface area contributed by atoms with Gasteiger partial charge in [0, 0.05) is 4.88 Å². The second-order valence-corrected chi connectivity index (χ2v) is 6.43. The van der Waals surface area contributed by atoms with Crippen LogP contribution in [-0.2, 0) is 9.59 Å². The fourth-order valence-electron chi connectivity index (χ4n) is 1.86. The summed E-state index contributed by atoms with van der Waals surface area (Å²) in [7, 11) is 0. The molecule has 2 rings (SSSR count). The Kier molecular flexibility index (Phi) is 6.34. The molecule has 0 aliphatic carbocycles. The fraction of sp³-hybridized carbons (Fsp3) is 0.188. The highest BCUT2D eigenvalue weighted by Crippen LogP contribution is 2.19. The van der Waals surface area contributed by atoms with Gasteiger partial charge in [-0.1, -0.05) is 0 Å². The minimum Gasteiger partial charge on any atom is -0.345 e. The van der Waals surface area contributed by atoms with Gasteiger partial charge in [0.25, 0.3) is 5.91 Å². The van der Waals surface area contributed by atoms with E-state index in [4.69, 9.17) is 0 Å². The van der Waals surface area contributed by atoms with Crippen molar-refractivity contribution in [2.45, 2.75) is 6.92 Å². The van der Waals surface area contributed by atoms with Gasteiger partial charge in [-0.2, -0.15) is 0 Å². The Morgan fingerprint density at radius 1 is 0.923 bits per heavy atom. The number of anilines is 1. The highest BCUT2D eigenvalue weighted by molar-refractivity contribution is 7.13. The van der Waals surface area contributed by atoms with Crippen molar-refractivity contribution in [2.24, 2.45) is 0 Å². The van der Waals surface area contributed by atoms with Gasteiger partial charge in [0.05, 0.1) is 23.7 Å². The summed E-state index contributed by atoms with van der Waals surface area (Å²) in [5, 5.41) is 6.60. The molecule has 0 saturated heterocycles. The van der Waals surface area contributed by atoms with Crippen LogP contribution < -0.4 is 16.0 Å². The number of hydrogen-bond donors (Lipinski definition) is 3. The number of carbonyl (C=O) groups excluding carboxylic acids is 3. The number of amides is 3. The van der Waals surface area contributed by atoms with Crippen LogP contribution in [-0.4, -0.2) is 30.8 Å². The molecule has 0 atom stereocenters. The van der Waals surface area contributed by atoms with E-state index in [9.17, 15) is 27.6 Å². The molecule has 0 unspecified atom stereocenters. The maximum Gasteiger partial charge on any atom is 0.261 e. The largest absolute Gasteiger partial charge is 0.345 e. The summed E-state index contributed by atoms with van der Waals surface area (Å²) in [5.41, 5.74) is -0.551. The summed E-state index contributed by atoms with van der Waals surface area (Å²) >= 11 is 1.27. The number of carbonyl (C=O) groups is 3. The van der Waals surface area contributed by atoms with Crippen molar-refractivity contribution < 1.29 is 27.6 Å². The fourth-order valence-corrected chi connectivity index (χ4v) is 2.65. The van der Waals surface area contributed by atoms with Crippen LogP contribution in [0.25, 0.3) is 0 Å². The lowest BCUT2D eigenvalue weighted by atomic mass is 10.2. The molecule has 2 aromatic rings. The Morgan fingerprint density at radius 2 is 1.62 bits per heavy atom. The third-order valence-electron chi connectivity index (χ3n) is 3.13. The van der Waals surface area contributed by atoms with Gasteiger partial charge in [-0.15, -0.1) is 11.3 Å². The van der Waals surface area contributed by atoms with E-state index in [0.717, 1.165) is 10.9 Å². The van der Waals surface area contributed by atoms with E-state index in [1.807, 2.05) is 12.2 Å². The summed E-state index contributed by atoms with van der Waals surface area (Å²) in [6.45, 7) is 0.941. The predicted octanol–water partition coefficient (Wildman–Crippen LogP) is 1.96. The Bertz CT molecular complexity index is 855. The van der Waals surface area contributed by atoms with Crippen LogP contribution in [0, 0.1) is 24.4 Å². The van der Waals surface area contributed by atoms with Crippen molar-refractivity contribution in [1.29, 1.82) is 0 Å². The van der Waals surface area contributed by atoms with E-state index < -0.39 is 47.4 Å². The topological polar surface area (TPSA) is 87.3 Å². The molecule has 1 aromatic carbocycles. The summed E-state index contributed by atoms with van der Waals surface area (Å²) in [4.78, 5) is 36.4. The predicted molar refractivity (Wildman–Crippen MR) is 89.3 cm³/mol. The molecule has 3 N–H and O–H groups in total. The van der Waals surface area contributed by atoms with Crippen molar-refractivity contribution >= 4 is 34.7 Å². The molecule has 0 saturated carbocycles. The van der Waals surface area contributed by atoms with Gasteiger partial charge >= 0.3 is 0 Å². The average molecular weight is 385 g/mol. The molecular formula is C16H14F3N3O3S. The van der Waals surface area contributed by atoms with Gasteiger partial charge in [-0.3, -0.25) is 14.4 Å². The van der Waals surface area contributed by atoms with E-state index in [1.54, 1.807) is 12.1 Å². The SMILES string of the molecule is Cc1ccc(C(=O)NCC(=O)NCC(=O)Nc2ccc(F)c(F)c2F)s1. The second-order valence-electron chi connectivity index (χ2n) is 5.14. The van der Waals surface area contributed by atoms with Crippen LogP contribution in [0.3, 0.4) is 0 Å². The van der Waals surface area contributed by atoms with Gasteiger partial charge in [0.1, 0.15) is 0 Å². The Labute approximate surface area is 150 Å². The normalized spacial score (nSPS) is 10.3. The molecule has 0 aliphatic rings. The molecule has 26 heavy (non-hydrogen) atoms. The van der Waals surface area contributed by atoms with Crippen LogP contribution in [0.5, 0.6) is 0 Å². The number of halogens is 3. The molecule has 0 bridgehead atoms. The van der Waals surface area contributed by atoms with Gasteiger partial charge < -0.3 is 16.0 Å². The number of thiophene rings is 1. The van der Waals surface area contributed by atoms with Crippen LogP contribution >= 0.6 is 11.3 Å². The molecule has 138 valence electrons. The summed E-state index contributed by atoms with van der Waals surface area (Å²) < 4.78 is 39.3. The van der Waals surface area contributed by atoms with Crippen LogP contribution in [0.2, 0.25) is 0 Å². The Morgan fingerprint density at radius 3 is 2.27 bits per heavy atom. The van der Waals surface area contributed by atoms with E-state index in [0.29, 0.717) is 10.9 Å². The number of aryl methyl sites for hydroxylation is 1. The molecule has 0 spiro atoms. The first-order valence-corrected chi connectivity index (χ1v) is 8.14. The van der Waals surface area contributed by atoms with Gasteiger partial charge in [-0.25, -0.2) is 13.2 Å². The maximum absolute atomic E-state index is 13.4. The minimum atomic E-state index is -1.71. The molecule has 0 aliphatic heterocycles. The Hall–Kier alpha value is -2.88. The molecule has 1 aromatic heterocycles. The monoisotopic (exact) mass is 385 g/mol. The van der Waals surface area contributed by atoms with Crippen molar-refractivity contribution in [3.63, 3.8) is 0 Å². The molecular weight excluding hydrogens is 371 g/mol. The zero-order valence-corrected chi connectivity index (χ0v) is 14.3. The highest BCUT2D eigenvalue weighted by atomic mass is 32.1. The van der Waals surface area contributed by atoms with Crippen molar-refractivity contribution in [2.75, 3.05) is 18.4 Å². The number of nitrogens with one attached hydrogen (secondary N) is 3. The van der Waals surface area contributed by atoms with Gasteiger partial charge in [0.2, 0.25) is 11.8 Å². The first kappa shape index (κ1) is 19.4. The molecule has 3 amide bonds. The molecule has 6 nitrogen and oxygen atoms in total. The van der Waals surface area contributed by atoms with E-state index in [2.05, 4.69) is 10.6 Å². The Balaban J connectivity index is 1.77. The molecule has 0 fully saturated rings. The zero-order valence-electron chi connectivity index (χ0n) is 13.5. The first-order chi connectivity index (χ1) is 12.3. The number of hydrogen-bond acceptors (Lipinski definition) is 4. The van der Waals surface area contributed by atoms with Crippen LogP contribution in [0.1, 0.15) is 14.5 Å². The zero-order chi connectivity index (χ0) is 19.3. The number of benzene rings is 1. The van der Waals surface area contributed by atoms with Gasteiger partial charge in [0.15, 0.2) is 17.5 Å².